The molecule has 1 N–H and O–H groups in total. The molecule has 9 nitrogen and oxygen atoms in total. The number of benzene rings is 2. The van der Waals surface area contributed by atoms with Crippen LogP contribution in [-0.4, -0.2) is 51.2 Å². The van der Waals surface area contributed by atoms with Crippen molar-refractivity contribution in [2.45, 2.75) is 45.9 Å². The Morgan fingerprint density at radius 1 is 1.11 bits per heavy atom. The number of amides is 2. The van der Waals surface area contributed by atoms with E-state index in [0.29, 0.717) is 17.9 Å². The quantitative estimate of drug-likeness (QED) is 0.445. The molecule has 0 spiro atoms. The average Bonchev–Trinajstić information content (AvgIpc) is 3.31. The van der Waals surface area contributed by atoms with Gasteiger partial charge in [-0.05, 0) is 44.5 Å². The first kappa shape index (κ1) is 25.9. The van der Waals surface area contributed by atoms with Gasteiger partial charge in [-0.3, -0.25) is 14.3 Å². The van der Waals surface area contributed by atoms with Crippen LogP contribution in [-0.2, 0) is 29.2 Å². The van der Waals surface area contributed by atoms with Gasteiger partial charge in [-0.2, -0.15) is 5.10 Å². The van der Waals surface area contributed by atoms with E-state index in [1.54, 1.807) is 26.0 Å². The van der Waals surface area contributed by atoms with Crippen LogP contribution < -0.4 is 10.1 Å². The number of hydrogen-bond acceptors (Lipinski definition) is 6. The average molecular weight is 509 g/mol. The Morgan fingerprint density at radius 3 is 2.54 bits per heavy atom. The lowest BCUT2D eigenvalue weighted by atomic mass is 9.93. The fourth-order valence-electron chi connectivity index (χ4n) is 4.27. The first-order valence-electron chi connectivity index (χ1n) is 12.1. The molecule has 0 aliphatic carbocycles. The number of nitrogens with zero attached hydrogens (tertiary/aromatic N) is 3. The fourth-order valence-corrected chi connectivity index (χ4v) is 4.27. The van der Waals surface area contributed by atoms with Gasteiger partial charge in [0.15, 0.2) is 5.69 Å². The highest BCUT2D eigenvalue weighted by atomic mass is 19.1. The summed E-state index contributed by atoms with van der Waals surface area (Å²) in [6.45, 7) is 6.06. The van der Waals surface area contributed by atoms with Gasteiger partial charge in [-0.1, -0.05) is 30.3 Å². The number of carbonyl (C=O) groups is 3. The summed E-state index contributed by atoms with van der Waals surface area (Å²) >= 11 is 0. The van der Waals surface area contributed by atoms with Crippen molar-refractivity contribution in [3.63, 3.8) is 0 Å². The molecule has 194 valence electrons. The van der Waals surface area contributed by atoms with Gasteiger partial charge < -0.3 is 19.7 Å². The van der Waals surface area contributed by atoms with E-state index in [-0.39, 0.29) is 43.4 Å². The number of hydrogen-bond donors (Lipinski definition) is 1. The number of carbonyl (C=O) groups excluding carboxylic acids is 3. The zero-order chi connectivity index (χ0) is 26.6. The highest BCUT2D eigenvalue weighted by Crippen LogP contribution is 2.31. The summed E-state index contributed by atoms with van der Waals surface area (Å²) in [6, 6.07) is 14.5. The molecular weight excluding hydrogens is 479 g/mol. The summed E-state index contributed by atoms with van der Waals surface area (Å²) in [4.78, 5) is 41.2. The van der Waals surface area contributed by atoms with Crippen LogP contribution in [0.25, 0.3) is 0 Å². The van der Waals surface area contributed by atoms with Crippen LogP contribution in [0.5, 0.6) is 5.75 Å². The lowest BCUT2D eigenvalue weighted by Crippen LogP contribution is -2.63. The Kier molecular flexibility index (Phi) is 7.56. The minimum Gasteiger partial charge on any atom is -0.494 e. The van der Waals surface area contributed by atoms with Gasteiger partial charge in [-0.25, -0.2) is 9.18 Å². The third kappa shape index (κ3) is 5.32. The van der Waals surface area contributed by atoms with Gasteiger partial charge in [-0.15, -0.1) is 0 Å². The summed E-state index contributed by atoms with van der Waals surface area (Å²) in [5.74, 6) is -1.29. The molecule has 1 aromatic heterocycles. The summed E-state index contributed by atoms with van der Waals surface area (Å²) < 4.78 is 25.4. The largest absolute Gasteiger partial charge is 0.494 e. The molecule has 0 unspecified atom stereocenters. The number of aromatic nitrogens is 2. The molecule has 1 atom stereocenters. The molecule has 3 aromatic rings. The van der Waals surface area contributed by atoms with E-state index < -0.39 is 23.3 Å². The normalized spacial score (nSPS) is 16.8. The second-order valence-electron chi connectivity index (χ2n) is 8.81. The molecule has 1 aliphatic heterocycles. The molecular formula is C27H29FN4O5. The number of rotatable bonds is 9. The van der Waals surface area contributed by atoms with Crippen LogP contribution in [0, 0.1) is 5.82 Å². The Morgan fingerprint density at radius 2 is 1.84 bits per heavy atom. The second-order valence-corrected chi connectivity index (χ2v) is 8.81. The molecule has 37 heavy (non-hydrogen) atoms. The van der Waals surface area contributed by atoms with Gasteiger partial charge in [0.05, 0.1) is 26.3 Å². The first-order valence-corrected chi connectivity index (χ1v) is 12.1. The van der Waals surface area contributed by atoms with E-state index in [0.717, 1.165) is 5.56 Å². The highest BCUT2D eigenvalue weighted by molar-refractivity contribution is 6.01. The van der Waals surface area contributed by atoms with E-state index in [9.17, 15) is 18.8 Å². The predicted molar refractivity (Wildman–Crippen MR) is 132 cm³/mol. The maximum atomic E-state index is 13.8. The lowest BCUT2D eigenvalue weighted by Gasteiger charge is -2.43. The standard InChI is InChI=1S/C27H29FN4O5/c1-4-36-23-9-7-6-8-19(23)16-31-24(33)22-14-21(25(34)37-5-2)30-32(22)17-27(31,3)26(35)29-15-18-10-12-20(28)13-11-18/h6-14H,4-5,15-17H2,1-3H3,(H,29,35)/t27-/m0/s1. The number of halogens is 1. The summed E-state index contributed by atoms with van der Waals surface area (Å²) in [7, 11) is 0. The number of nitrogens with one attached hydrogen (secondary N) is 1. The Labute approximate surface area is 214 Å². The maximum Gasteiger partial charge on any atom is 0.358 e. The second kappa shape index (κ2) is 10.8. The van der Waals surface area contributed by atoms with Crippen molar-refractivity contribution in [2.75, 3.05) is 13.2 Å². The molecule has 0 fully saturated rings. The van der Waals surface area contributed by atoms with E-state index in [4.69, 9.17) is 9.47 Å². The third-order valence-corrected chi connectivity index (χ3v) is 6.24. The Balaban J connectivity index is 1.69. The highest BCUT2D eigenvalue weighted by Gasteiger charge is 2.48. The fraction of sp³-hybridized carbons (Fsp3) is 0.333. The number of esters is 1. The van der Waals surface area contributed by atoms with Crippen molar-refractivity contribution in [1.29, 1.82) is 0 Å². The molecule has 2 aromatic carbocycles. The summed E-state index contributed by atoms with van der Waals surface area (Å²) in [5, 5.41) is 7.13. The lowest BCUT2D eigenvalue weighted by molar-refractivity contribution is -0.133. The molecule has 2 heterocycles. The zero-order valence-electron chi connectivity index (χ0n) is 21.0. The van der Waals surface area contributed by atoms with Crippen LogP contribution in [0.15, 0.2) is 54.6 Å². The molecule has 4 rings (SSSR count). The van der Waals surface area contributed by atoms with Gasteiger partial charge in [0.2, 0.25) is 5.91 Å². The zero-order valence-corrected chi connectivity index (χ0v) is 21.0. The van der Waals surface area contributed by atoms with Crippen molar-refractivity contribution in [3.05, 3.63) is 82.9 Å². The monoisotopic (exact) mass is 508 g/mol. The van der Waals surface area contributed by atoms with E-state index >= 15 is 0 Å². The number of ether oxygens (including phenoxy) is 2. The van der Waals surface area contributed by atoms with E-state index in [1.165, 1.54) is 27.8 Å². The molecule has 10 heteroatoms. The smallest absolute Gasteiger partial charge is 0.358 e. The van der Waals surface area contributed by atoms with Crippen molar-refractivity contribution >= 4 is 17.8 Å². The van der Waals surface area contributed by atoms with Gasteiger partial charge in [0, 0.05) is 18.2 Å². The van der Waals surface area contributed by atoms with Gasteiger partial charge in [0.25, 0.3) is 5.91 Å². The SMILES string of the molecule is CCOC(=O)c1cc2n(n1)C[C@@](C)(C(=O)NCc1ccc(F)cc1)N(Cc1ccccc1OCC)C2=O. The number of para-hydroxylation sites is 1. The third-order valence-electron chi connectivity index (χ3n) is 6.24. The first-order chi connectivity index (χ1) is 17.8. The molecule has 0 bridgehead atoms. The molecule has 0 radical (unpaired) electrons. The minimum atomic E-state index is -1.36. The van der Waals surface area contributed by atoms with Gasteiger partial charge >= 0.3 is 5.97 Å². The van der Waals surface area contributed by atoms with Crippen LogP contribution in [0.2, 0.25) is 0 Å². The summed E-state index contributed by atoms with van der Waals surface area (Å²) in [5.41, 5.74) is 0.255. The van der Waals surface area contributed by atoms with Crippen LogP contribution in [0.4, 0.5) is 4.39 Å². The van der Waals surface area contributed by atoms with Crippen molar-refractivity contribution < 1.29 is 28.2 Å². The Bertz CT molecular complexity index is 1310. The predicted octanol–water partition coefficient (Wildman–Crippen LogP) is 3.33. The number of fused-ring (bicyclic) bond motifs is 1. The summed E-state index contributed by atoms with van der Waals surface area (Å²) in [6.07, 6.45) is 0. The Hall–Kier alpha value is -4.21. The van der Waals surface area contributed by atoms with Crippen LogP contribution in [0.3, 0.4) is 0 Å². The van der Waals surface area contributed by atoms with E-state index in [1.807, 2.05) is 31.2 Å². The molecule has 0 saturated carbocycles. The molecule has 1 aliphatic rings. The van der Waals surface area contributed by atoms with Crippen molar-refractivity contribution in [1.82, 2.24) is 20.0 Å². The van der Waals surface area contributed by atoms with E-state index in [2.05, 4.69) is 10.4 Å². The molecule has 0 saturated heterocycles. The molecule has 2 amide bonds. The van der Waals surface area contributed by atoms with Crippen molar-refractivity contribution in [2.24, 2.45) is 0 Å². The van der Waals surface area contributed by atoms with Gasteiger partial charge in [0.1, 0.15) is 22.8 Å². The van der Waals surface area contributed by atoms with Crippen LogP contribution in [0.1, 0.15) is 52.9 Å². The maximum absolute atomic E-state index is 13.8. The minimum absolute atomic E-state index is 0.00385. The van der Waals surface area contributed by atoms with Crippen molar-refractivity contribution in [3.8, 4) is 5.75 Å². The topological polar surface area (TPSA) is 103 Å². The van der Waals surface area contributed by atoms with Crippen LogP contribution >= 0.6 is 0 Å².